The van der Waals surface area contributed by atoms with E-state index in [0.717, 1.165) is 22.0 Å². The number of hydrogen-bond acceptors (Lipinski definition) is 5. The van der Waals surface area contributed by atoms with Crippen molar-refractivity contribution in [2.24, 2.45) is 5.41 Å². The third-order valence-electron chi connectivity index (χ3n) is 5.75. The van der Waals surface area contributed by atoms with Gasteiger partial charge in [-0.1, -0.05) is 44.2 Å². The van der Waals surface area contributed by atoms with Gasteiger partial charge >= 0.3 is 0 Å². The van der Waals surface area contributed by atoms with Crippen LogP contribution in [0.2, 0.25) is 0 Å². The highest BCUT2D eigenvalue weighted by atomic mass is 19.1. The molecule has 31 heavy (non-hydrogen) atoms. The van der Waals surface area contributed by atoms with E-state index in [-0.39, 0.29) is 29.5 Å². The Hall–Kier alpha value is -2.90. The molecular formula is C24H27FN4O2. The smallest absolute Gasteiger partial charge is 0.256 e. The summed E-state index contributed by atoms with van der Waals surface area (Å²) in [7, 11) is 0. The topological polar surface area (TPSA) is 78.4 Å². The summed E-state index contributed by atoms with van der Waals surface area (Å²) < 4.78 is 14.5. The summed E-state index contributed by atoms with van der Waals surface area (Å²) in [6, 6.07) is 12.7. The van der Waals surface area contributed by atoms with Gasteiger partial charge in [0.15, 0.2) is 0 Å². The van der Waals surface area contributed by atoms with Gasteiger partial charge in [0.25, 0.3) is 5.91 Å². The van der Waals surface area contributed by atoms with Gasteiger partial charge in [0.2, 0.25) is 0 Å². The molecule has 0 unspecified atom stereocenters. The highest BCUT2D eigenvalue weighted by Gasteiger charge is 2.33. The number of hydrogen-bond donors (Lipinski definition) is 2. The molecule has 0 saturated carbocycles. The largest absolute Gasteiger partial charge is 0.396 e. The lowest BCUT2D eigenvalue weighted by molar-refractivity contribution is 0.0535. The van der Waals surface area contributed by atoms with Crippen LogP contribution < -0.4 is 5.32 Å². The average Bonchev–Trinajstić information content (AvgIpc) is 2.74. The molecule has 0 atom stereocenters. The van der Waals surface area contributed by atoms with Crippen molar-refractivity contribution in [3.8, 4) is 0 Å². The van der Waals surface area contributed by atoms with Crippen molar-refractivity contribution in [3.63, 3.8) is 0 Å². The zero-order valence-corrected chi connectivity index (χ0v) is 17.8. The molecule has 0 spiro atoms. The molecular weight excluding hydrogens is 395 g/mol. The van der Waals surface area contributed by atoms with Crippen molar-refractivity contribution in [2.45, 2.75) is 26.3 Å². The lowest BCUT2D eigenvalue weighted by Crippen LogP contribution is -2.61. The Balaban J connectivity index is 1.44. The summed E-state index contributed by atoms with van der Waals surface area (Å²) in [5.74, 6) is -0.821. The number of amides is 1. The maximum Gasteiger partial charge on any atom is 0.256 e. The Labute approximate surface area is 181 Å². The molecule has 1 fully saturated rings. The molecule has 1 amide bonds. The molecule has 0 aliphatic carbocycles. The van der Waals surface area contributed by atoms with Crippen molar-refractivity contribution in [3.05, 3.63) is 71.3 Å². The van der Waals surface area contributed by atoms with Crippen molar-refractivity contribution in [1.29, 1.82) is 0 Å². The first kappa shape index (κ1) is 21.3. The Bertz CT molecular complexity index is 1090. The molecule has 162 valence electrons. The number of rotatable bonds is 7. The number of carbonyl (C=O) groups is 1. The second-order valence-corrected chi connectivity index (χ2v) is 8.98. The van der Waals surface area contributed by atoms with Crippen molar-refractivity contribution < 1.29 is 14.3 Å². The second-order valence-electron chi connectivity index (χ2n) is 8.98. The molecule has 2 heterocycles. The van der Waals surface area contributed by atoms with Crippen LogP contribution in [0.5, 0.6) is 0 Å². The number of nitrogens with zero attached hydrogens (tertiary/aromatic N) is 3. The molecule has 6 nitrogen and oxygen atoms in total. The third kappa shape index (κ3) is 4.73. The summed E-state index contributed by atoms with van der Waals surface area (Å²) in [5, 5.41) is 23.0. The number of halogens is 1. The fraction of sp³-hybridized carbons (Fsp3) is 0.375. The minimum absolute atomic E-state index is 0.0832. The number of fused-ring (bicyclic) bond motifs is 1. The summed E-state index contributed by atoms with van der Waals surface area (Å²) in [5.41, 5.74) is 1.48. The van der Waals surface area contributed by atoms with Gasteiger partial charge in [0.05, 0.1) is 17.5 Å². The molecule has 0 radical (unpaired) electrons. The average molecular weight is 423 g/mol. The minimum atomic E-state index is -0.518. The van der Waals surface area contributed by atoms with Gasteiger partial charge in [0, 0.05) is 54.9 Å². The minimum Gasteiger partial charge on any atom is -0.396 e. The van der Waals surface area contributed by atoms with E-state index in [9.17, 15) is 14.3 Å². The first-order valence-corrected chi connectivity index (χ1v) is 10.5. The van der Waals surface area contributed by atoms with Gasteiger partial charge in [-0.15, -0.1) is 0 Å². The SMILES string of the molecule is CC(C)(CO)CNC1CN(C(=O)c2cc(Cc3nncc4ccccc34)ccc2F)C1. The van der Waals surface area contributed by atoms with E-state index in [1.54, 1.807) is 23.2 Å². The number of carbonyl (C=O) groups excluding carboxylic acids is 1. The van der Waals surface area contributed by atoms with Crippen LogP contribution in [0.3, 0.4) is 0 Å². The van der Waals surface area contributed by atoms with Crippen molar-refractivity contribution in [1.82, 2.24) is 20.4 Å². The number of benzene rings is 2. The second kappa shape index (κ2) is 8.69. The number of aliphatic hydroxyl groups excluding tert-OH is 1. The van der Waals surface area contributed by atoms with Gasteiger partial charge < -0.3 is 15.3 Å². The molecule has 2 aromatic carbocycles. The highest BCUT2D eigenvalue weighted by Crippen LogP contribution is 2.22. The van der Waals surface area contributed by atoms with Crippen LogP contribution in [0, 0.1) is 11.2 Å². The summed E-state index contributed by atoms with van der Waals surface area (Å²) in [6.07, 6.45) is 2.18. The zero-order valence-electron chi connectivity index (χ0n) is 17.8. The van der Waals surface area contributed by atoms with E-state index < -0.39 is 5.82 Å². The molecule has 2 N–H and O–H groups in total. The molecule has 1 saturated heterocycles. The zero-order chi connectivity index (χ0) is 22.0. The maximum absolute atomic E-state index is 14.5. The normalized spacial score (nSPS) is 14.6. The van der Waals surface area contributed by atoms with Gasteiger partial charge in [0.1, 0.15) is 5.82 Å². The Morgan fingerprint density at radius 1 is 1.26 bits per heavy atom. The van der Waals surface area contributed by atoms with Crippen molar-refractivity contribution in [2.75, 3.05) is 26.2 Å². The predicted octanol–water partition coefficient (Wildman–Crippen LogP) is 2.79. The first-order valence-electron chi connectivity index (χ1n) is 10.5. The van der Waals surface area contributed by atoms with Crippen LogP contribution in [0.4, 0.5) is 4.39 Å². The van der Waals surface area contributed by atoms with Crippen LogP contribution in [0.15, 0.2) is 48.7 Å². The molecule has 4 rings (SSSR count). The van der Waals surface area contributed by atoms with Crippen molar-refractivity contribution >= 4 is 16.7 Å². The van der Waals surface area contributed by atoms with E-state index in [2.05, 4.69) is 15.5 Å². The van der Waals surface area contributed by atoms with E-state index in [1.807, 2.05) is 38.1 Å². The quantitative estimate of drug-likeness (QED) is 0.612. The molecule has 1 aliphatic heterocycles. The Morgan fingerprint density at radius 3 is 2.81 bits per heavy atom. The standard InChI is InChI=1S/C24H27FN4O2/c1-24(2,15-30)14-26-18-12-29(13-18)23(31)20-9-16(7-8-21(20)25)10-22-19-6-4-3-5-17(19)11-27-28-22/h3-9,11,18,26,30H,10,12-15H2,1-2H3. The predicted molar refractivity (Wildman–Crippen MR) is 117 cm³/mol. The monoisotopic (exact) mass is 422 g/mol. The van der Waals surface area contributed by atoms with E-state index in [0.29, 0.717) is 26.1 Å². The summed E-state index contributed by atoms with van der Waals surface area (Å²) in [6.45, 7) is 5.75. The molecule has 7 heteroatoms. The Morgan fingerprint density at radius 2 is 2.03 bits per heavy atom. The molecule has 3 aromatic rings. The van der Waals surface area contributed by atoms with Crippen LogP contribution in [-0.4, -0.2) is 58.4 Å². The van der Waals surface area contributed by atoms with Crippen LogP contribution in [0.25, 0.3) is 10.8 Å². The summed E-state index contributed by atoms with van der Waals surface area (Å²) >= 11 is 0. The molecule has 0 bridgehead atoms. The van der Waals surface area contributed by atoms with E-state index in [4.69, 9.17) is 0 Å². The number of likely N-dealkylation sites (tertiary alicyclic amines) is 1. The fourth-order valence-corrected chi connectivity index (χ4v) is 3.68. The number of nitrogens with one attached hydrogen (secondary N) is 1. The number of aromatic nitrogens is 2. The lowest BCUT2D eigenvalue weighted by atomic mass is 9.94. The lowest BCUT2D eigenvalue weighted by Gasteiger charge is -2.41. The van der Waals surface area contributed by atoms with Gasteiger partial charge in [-0.05, 0) is 17.7 Å². The van der Waals surface area contributed by atoms with Gasteiger partial charge in [-0.2, -0.15) is 10.2 Å². The van der Waals surface area contributed by atoms with E-state index >= 15 is 0 Å². The molecule has 1 aliphatic rings. The third-order valence-corrected chi connectivity index (χ3v) is 5.75. The van der Waals surface area contributed by atoms with Crippen LogP contribution in [-0.2, 0) is 6.42 Å². The van der Waals surface area contributed by atoms with E-state index in [1.165, 1.54) is 6.07 Å². The first-order chi connectivity index (χ1) is 14.9. The number of aliphatic hydroxyl groups is 1. The highest BCUT2D eigenvalue weighted by molar-refractivity contribution is 5.95. The summed E-state index contributed by atoms with van der Waals surface area (Å²) in [4.78, 5) is 14.5. The van der Waals surface area contributed by atoms with Gasteiger partial charge in [-0.25, -0.2) is 4.39 Å². The fourth-order valence-electron chi connectivity index (χ4n) is 3.68. The van der Waals surface area contributed by atoms with Gasteiger partial charge in [-0.3, -0.25) is 4.79 Å². The Kier molecular flexibility index (Phi) is 5.98. The van der Waals surface area contributed by atoms with Crippen LogP contribution >= 0.6 is 0 Å². The van der Waals surface area contributed by atoms with Crippen LogP contribution in [0.1, 0.15) is 35.5 Å². The molecule has 1 aromatic heterocycles. The maximum atomic E-state index is 14.5.